The summed E-state index contributed by atoms with van der Waals surface area (Å²) in [5.74, 6) is 1.48. The van der Waals surface area contributed by atoms with Crippen LogP contribution in [0.4, 0.5) is 0 Å². The van der Waals surface area contributed by atoms with Crippen LogP contribution >= 0.6 is 0 Å². The van der Waals surface area contributed by atoms with Gasteiger partial charge in [0, 0.05) is 12.5 Å². The number of fused-ring (bicyclic) bond motifs is 1. The van der Waals surface area contributed by atoms with E-state index < -0.39 is 0 Å². The molecule has 0 aliphatic carbocycles. The highest BCUT2D eigenvalue weighted by Gasteiger charge is 2.29. The van der Waals surface area contributed by atoms with E-state index in [4.69, 9.17) is 9.47 Å². The maximum absolute atomic E-state index is 13.0. The Morgan fingerprint density at radius 1 is 0.850 bits per heavy atom. The highest BCUT2D eigenvalue weighted by Crippen LogP contribution is 2.38. The molecule has 0 fully saturated rings. The number of benzene rings is 2. The predicted molar refractivity (Wildman–Crippen MR) is 166 cm³/mol. The molecule has 2 aromatic rings. The molecule has 0 saturated carbocycles. The van der Waals surface area contributed by atoms with Crippen LogP contribution in [0.3, 0.4) is 0 Å². The lowest BCUT2D eigenvalue weighted by atomic mass is 9.89. The molecule has 1 heterocycles. The number of ether oxygens (including phenoxy) is 2. The summed E-state index contributed by atoms with van der Waals surface area (Å²) in [7, 11) is 3.31. The molecule has 0 aromatic heterocycles. The van der Waals surface area contributed by atoms with Gasteiger partial charge in [-0.25, -0.2) is 0 Å². The largest absolute Gasteiger partial charge is 0.493 e. The summed E-state index contributed by atoms with van der Waals surface area (Å²) >= 11 is 0. The van der Waals surface area contributed by atoms with Crippen LogP contribution in [0.5, 0.6) is 11.5 Å². The molecular formula is C35H52N2O3. The van der Waals surface area contributed by atoms with Crippen LogP contribution in [0.2, 0.25) is 0 Å². The van der Waals surface area contributed by atoms with Crippen LogP contribution in [0.1, 0.15) is 126 Å². The van der Waals surface area contributed by atoms with E-state index in [-0.39, 0.29) is 18.1 Å². The highest BCUT2D eigenvalue weighted by atomic mass is 16.5. The Morgan fingerprint density at radius 2 is 1.45 bits per heavy atom. The maximum atomic E-state index is 13.0. The molecule has 2 atom stereocenters. The number of hydrogen-bond acceptors (Lipinski definition) is 4. The second-order valence-electron chi connectivity index (χ2n) is 11.1. The SMILES string of the molecule is CCCCCCCC/C=C\CCCCCCCC(=O)NC1NC(c2ccccc2)Cc2cc(OC)c(OC)cc21. The molecule has 0 bridgehead atoms. The van der Waals surface area contributed by atoms with Gasteiger partial charge < -0.3 is 14.8 Å². The first-order valence-electron chi connectivity index (χ1n) is 15.7. The summed E-state index contributed by atoms with van der Waals surface area (Å²) in [6.45, 7) is 2.27. The summed E-state index contributed by atoms with van der Waals surface area (Å²) in [5, 5.41) is 6.92. The number of carbonyl (C=O) groups excluding carboxylic acids is 1. The number of hydrogen-bond donors (Lipinski definition) is 2. The molecule has 1 amide bonds. The summed E-state index contributed by atoms with van der Waals surface area (Å²) < 4.78 is 11.1. The Labute approximate surface area is 243 Å². The van der Waals surface area contributed by atoms with Gasteiger partial charge in [0.2, 0.25) is 5.91 Å². The fourth-order valence-electron chi connectivity index (χ4n) is 5.56. The normalized spacial score (nSPS) is 16.6. The van der Waals surface area contributed by atoms with Crippen molar-refractivity contribution < 1.29 is 14.3 Å². The molecule has 0 radical (unpaired) electrons. The van der Waals surface area contributed by atoms with Crippen molar-refractivity contribution in [3.63, 3.8) is 0 Å². The fraction of sp³-hybridized carbons (Fsp3) is 0.571. The second-order valence-corrected chi connectivity index (χ2v) is 11.1. The number of methoxy groups -OCH3 is 2. The van der Waals surface area contributed by atoms with Crippen molar-refractivity contribution in [2.24, 2.45) is 0 Å². The van der Waals surface area contributed by atoms with E-state index in [2.05, 4.69) is 54.0 Å². The third-order valence-electron chi connectivity index (χ3n) is 7.92. The maximum Gasteiger partial charge on any atom is 0.221 e. The first-order chi connectivity index (χ1) is 19.7. The van der Waals surface area contributed by atoms with Crippen molar-refractivity contribution in [3.05, 3.63) is 71.3 Å². The summed E-state index contributed by atoms with van der Waals surface area (Å²) in [6, 6.07) is 14.6. The molecule has 0 saturated heterocycles. The van der Waals surface area contributed by atoms with E-state index in [0.29, 0.717) is 17.9 Å². The Hall–Kier alpha value is -2.79. The summed E-state index contributed by atoms with van der Waals surface area (Å²) in [6.07, 6.45) is 22.1. The first kappa shape index (κ1) is 31.7. The van der Waals surface area contributed by atoms with E-state index in [0.717, 1.165) is 30.4 Å². The van der Waals surface area contributed by atoms with Gasteiger partial charge in [-0.3, -0.25) is 10.1 Å². The Bertz CT molecular complexity index is 1020. The standard InChI is InChI=1S/C35H52N2O3/c1-4-5-6-7-8-9-10-11-12-13-14-15-16-17-21-24-34(38)37-35-30-27-33(40-3)32(39-2)26-29(30)25-31(36-35)28-22-19-18-20-23-28/h11-12,18-20,22-23,26-27,31,35-36H,4-10,13-17,21,24-25H2,1-3H3,(H,37,38)/b12-11-. The van der Waals surface area contributed by atoms with Crippen LogP contribution in [0, 0.1) is 0 Å². The lowest BCUT2D eigenvalue weighted by molar-refractivity contribution is -0.122. The van der Waals surface area contributed by atoms with Gasteiger partial charge in [0.25, 0.3) is 0 Å². The summed E-state index contributed by atoms with van der Waals surface area (Å²) in [4.78, 5) is 13.0. The predicted octanol–water partition coefficient (Wildman–Crippen LogP) is 8.74. The lowest BCUT2D eigenvalue weighted by Crippen LogP contribution is -2.43. The van der Waals surface area contributed by atoms with Crippen LogP contribution in [0.15, 0.2) is 54.6 Å². The van der Waals surface area contributed by atoms with Gasteiger partial charge >= 0.3 is 0 Å². The van der Waals surface area contributed by atoms with Gasteiger partial charge in [-0.05, 0) is 67.3 Å². The topological polar surface area (TPSA) is 59.6 Å². The highest BCUT2D eigenvalue weighted by molar-refractivity contribution is 5.76. The first-order valence-corrected chi connectivity index (χ1v) is 15.7. The molecular weight excluding hydrogens is 496 g/mol. The van der Waals surface area contributed by atoms with Crippen molar-refractivity contribution in [2.45, 2.75) is 115 Å². The minimum absolute atomic E-state index is 0.0876. The monoisotopic (exact) mass is 548 g/mol. The van der Waals surface area contributed by atoms with Crippen LogP contribution in [-0.4, -0.2) is 20.1 Å². The number of nitrogens with one attached hydrogen (secondary N) is 2. The molecule has 5 heteroatoms. The molecule has 3 rings (SSSR count). The zero-order valence-corrected chi connectivity index (χ0v) is 25.2. The fourth-order valence-corrected chi connectivity index (χ4v) is 5.56. The quantitative estimate of drug-likeness (QED) is 0.136. The van der Waals surface area contributed by atoms with Gasteiger partial charge in [-0.2, -0.15) is 0 Å². The third-order valence-corrected chi connectivity index (χ3v) is 7.92. The van der Waals surface area contributed by atoms with Crippen molar-refractivity contribution >= 4 is 5.91 Å². The Kier molecular flexibility index (Phi) is 14.7. The average Bonchev–Trinajstić information content (AvgIpc) is 2.98. The van der Waals surface area contributed by atoms with Crippen molar-refractivity contribution in [1.29, 1.82) is 0 Å². The number of allylic oxidation sites excluding steroid dienone is 2. The number of amides is 1. The zero-order valence-electron chi connectivity index (χ0n) is 25.2. The van der Waals surface area contributed by atoms with Gasteiger partial charge in [0.15, 0.2) is 11.5 Å². The van der Waals surface area contributed by atoms with Gasteiger partial charge in [0.1, 0.15) is 6.17 Å². The molecule has 220 valence electrons. The van der Waals surface area contributed by atoms with Crippen molar-refractivity contribution in [2.75, 3.05) is 14.2 Å². The molecule has 2 unspecified atom stereocenters. The van der Waals surface area contributed by atoms with Gasteiger partial charge in [-0.1, -0.05) is 101 Å². The Morgan fingerprint density at radius 3 is 2.10 bits per heavy atom. The Balaban J connectivity index is 1.39. The smallest absolute Gasteiger partial charge is 0.221 e. The lowest BCUT2D eigenvalue weighted by Gasteiger charge is -2.34. The molecule has 5 nitrogen and oxygen atoms in total. The molecule has 40 heavy (non-hydrogen) atoms. The minimum Gasteiger partial charge on any atom is -0.493 e. The third kappa shape index (κ3) is 10.6. The van der Waals surface area contributed by atoms with Gasteiger partial charge in [0.05, 0.1) is 14.2 Å². The van der Waals surface area contributed by atoms with E-state index in [1.165, 1.54) is 76.2 Å². The van der Waals surface area contributed by atoms with Crippen molar-refractivity contribution in [3.8, 4) is 11.5 Å². The van der Waals surface area contributed by atoms with E-state index in [9.17, 15) is 4.79 Å². The van der Waals surface area contributed by atoms with Crippen LogP contribution in [0.25, 0.3) is 0 Å². The molecule has 2 aromatic carbocycles. The number of rotatable bonds is 19. The molecule has 0 spiro atoms. The van der Waals surface area contributed by atoms with Crippen LogP contribution < -0.4 is 20.1 Å². The minimum atomic E-state index is -0.274. The number of carbonyl (C=O) groups is 1. The zero-order chi connectivity index (χ0) is 28.4. The number of unbranched alkanes of at least 4 members (excludes halogenated alkanes) is 11. The molecule has 1 aliphatic heterocycles. The van der Waals surface area contributed by atoms with E-state index in [1.807, 2.05) is 18.2 Å². The van der Waals surface area contributed by atoms with E-state index >= 15 is 0 Å². The van der Waals surface area contributed by atoms with E-state index in [1.54, 1.807) is 14.2 Å². The average molecular weight is 549 g/mol. The van der Waals surface area contributed by atoms with Gasteiger partial charge in [-0.15, -0.1) is 0 Å². The van der Waals surface area contributed by atoms with Crippen molar-refractivity contribution in [1.82, 2.24) is 10.6 Å². The molecule has 2 N–H and O–H groups in total. The second kappa shape index (κ2) is 18.5. The summed E-state index contributed by atoms with van der Waals surface area (Å²) in [5.41, 5.74) is 3.42. The molecule has 1 aliphatic rings. The van der Waals surface area contributed by atoms with Crippen LogP contribution in [-0.2, 0) is 11.2 Å².